The van der Waals surface area contributed by atoms with E-state index in [1.165, 1.54) is 17.9 Å². The molecule has 1 rings (SSSR count). The fourth-order valence-corrected chi connectivity index (χ4v) is 1.73. The van der Waals surface area contributed by atoms with Gasteiger partial charge >= 0.3 is 5.97 Å². The van der Waals surface area contributed by atoms with Gasteiger partial charge < -0.3 is 10.0 Å². The number of benzene rings is 1. The molecule has 0 aromatic heterocycles. The number of carboxylic acid groups (broad SMARTS) is 1. The van der Waals surface area contributed by atoms with Crippen molar-refractivity contribution < 1.29 is 14.7 Å². The van der Waals surface area contributed by atoms with Crippen LogP contribution in [-0.4, -0.2) is 23.5 Å². The molecule has 0 aliphatic carbocycles. The molecule has 0 spiro atoms. The van der Waals surface area contributed by atoms with E-state index in [1.807, 2.05) is 0 Å². The first-order chi connectivity index (χ1) is 7.91. The van der Waals surface area contributed by atoms with Gasteiger partial charge in [0.15, 0.2) is 0 Å². The molecule has 0 fully saturated rings. The van der Waals surface area contributed by atoms with Crippen molar-refractivity contribution in [1.82, 2.24) is 0 Å². The Balaban J connectivity index is 3.00. The number of hydrogen-bond donors (Lipinski definition) is 1. The van der Waals surface area contributed by atoms with E-state index in [0.717, 1.165) is 0 Å². The van der Waals surface area contributed by atoms with E-state index in [-0.39, 0.29) is 18.9 Å². The summed E-state index contributed by atoms with van der Waals surface area (Å²) in [6.45, 7) is 1.41. The molecule has 1 aromatic rings. The Labute approximate surface area is 109 Å². The predicted molar refractivity (Wildman–Crippen MR) is 66.7 cm³/mol. The third kappa shape index (κ3) is 3.91. The number of carboxylic acids is 1. The summed E-state index contributed by atoms with van der Waals surface area (Å²) in [4.78, 5) is 23.3. The Morgan fingerprint density at radius 1 is 1.35 bits per heavy atom. The van der Waals surface area contributed by atoms with Crippen molar-refractivity contribution in [3.63, 3.8) is 0 Å². The second-order valence-electron chi connectivity index (χ2n) is 3.41. The van der Waals surface area contributed by atoms with Crippen molar-refractivity contribution in [2.75, 3.05) is 11.4 Å². The molecule has 4 nitrogen and oxygen atoms in total. The van der Waals surface area contributed by atoms with Gasteiger partial charge in [-0.05, 0) is 18.2 Å². The van der Waals surface area contributed by atoms with E-state index in [2.05, 4.69) is 0 Å². The van der Waals surface area contributed by atoms with Crippen LogP contribution >= 0.6 is 23.2 Å². The summed E-state index contributed by atoms with van der Waals surface area (Å²) >= 11 is 11.8. The minimum atomic E-state index is -0.977. The van der Waals surface area contributed by atoms with Crippen molar-refractivity contribution in [2.24, 2.45) is 0 Å². The van der Waals surface area contributed by atoms with Gasteiger partial charge in [-0.1, -0.05) is 23.2 Å². The molecule has 0 saturated carbocycles. The van der Waals surface area contributed by atoms with Crippen molar-refractivity contribution in [2.45, 2.75) is 13.3 Å². The third-order valence-corrected chi connectivity index (χ3v) is 2.68. The summed E-state index contributed by atoms with van der Waals surface area (Å²) < 4.78 is 0. The monoisotopic (exact) mass is 275 g/mol. The molecule has 0 saturated heterocycles. The predicted octanol–water partition coefficient (Wildman–Crippen LogP) is 2.82. The summed E-state index contributed by atoms with van der Waals surface area (Å²) in [5, 5.41) is 9.41. The molecule has 0 aliphatic heterocycles. The minimum Gasteiger partial charge on any atom is -0.481 e. The lowest BCUT2D eigenvalue weighted by atomic mass is 10.2. The molecule has 0 aliphatic rings. The number of hydrogen-bond acceptors (Lipinski definition) is 2. The first kappa shape index (κ1) is 13.8. The maximum atomic E-state index is 11.5. The summed E-state index contributed by atoms with van der Waals surface area (Å²) in [5.41, 5.74) is 0.424. The van der Waals surface area contributed by atoms with Crippen LogP contribution < -0.4 is 4.90 Å². The van der Waals surface area contributed by atoms with Crippen LogP contribution in [0, 0.1) is 0 Å². The molecule has 0 heterocycles. The Hall–Kier alpha value is -1.26. The molecule has 0 unspecified atom stereocenters. The lowest BCUT2D eigenvalue weighted by molar-refractivity contribution is -0.136. The average Bonchev–Trinajstić information content (AvgIpc) is 2.22. The molecule has 0 bridgehead atoms. The van der Waals surface area contributed by atoms with Gasteiger partial charge in [0.2, 0.25) is 5.91 Å². The number of halogens is 2. The standard InChI is InChI=1S/C11H11Cl2NO3/c1-7(15)14(5-4-11(16)17)10-6-8(12)2-3-9(10)13/h2-3,6H,4-5H2,1H3,(H,16,17). The van der Waals surface area contributed by atoms with Crippen LogP contribution in [0.1, 0.15) is 13.3 Å². The highest BCUT2D eigenvalue weighted by atomic mass is 35.5. The van der Waals surface area contributed by atoms with Crippen molar-refractivity contribution in [3.05, 3.63) is 28.2 Å². The lowest BCUT2D eigenvalue weighted by Crippen LogP contribution is -2.31. The number of aliphatic carboxylic acids is 1. The summed E-state index contributed by atoms with van der Waals surface area (Å²) in [6.07, 6.45) is -0.150. The average molecular weight is 276 g/mol. The third-order valence-electron chi connectivity index (χ3n) is 2.13. The first-order valence-electron chi connectivity index (χ1n) is 4.86. The van der Waals surface area contributed by atoms with Crippen molar-refractivity contribution >= 4 is 40.8 Å². The normalized spacial score (nSPS) is 10.1. The maximum Gasteiger partial charge on any atom is 0.305 e. The summed E-state index contributed by atoms with van der Waals surface area (Å²) in [5.74, 6) is -1.26. The SMILES string of the molecule is CC(=O)N(CCC(=O)O)c1cc(Cl)ccc1Cl. The van der Waals surface area contributed by atoms with Gasteiger partial charge in [-0.2, -0.15) is 0 Å². The lowest BCUT2D eigenvalue weighted by Gasteiger charge is -2.21. The second kappa shape index (κ2) is 5.89. The topological polar surface area (TPSA) is 57.6 Å². The first-order valence-corrected chi connectivity index (χ1v) is 5.62. The zero-order valence-electron chi connectivity index (χ0n) is 9.11. The number of amides is 1. The van der Waals surface area contributed by atoms with E-state index in [1.54, 1.807) is 12.1 Å². The number of nitrogens with zero attached hydrogens (tertiary/aromatic N) is 1. The van der Waals surface area contributed by atoms with Gasteiger partial charge in [-0.15, -0.1) is 0 Å². The molecule has 0 atom stereocenters. The molecule has 1 amide bonds. The van der Waals surface area contributed by atoms with Gasteiger partial charge in [-0.3, -0.25) is 9.59 Å². The molecular weight excluding hydrogens is 265 g/mol. The van der Waals surface area contributed by atoms with Gasteiger partial charge in [0.05, 0.1) is 17.1 Å². The number of anilines is 1. The fourth-order valence-electron chi connectivity index (χ4n) is 1.35. The van der Waals surface area contributed by atoms with Crippen LogP contribution in [0.25, 0.3) is 0 Å². The maximum absolute atomic E-state index is 11.5. The molecule has 1 aromatic carbocycles. The van der Waals surface area contributed by atoms with Crippen LogP contribution in [-0.2, 0) is 9.59 Å². The van der Waals surface area contributed by atoms with Crippen LogP contribution in [0.4, 0.5) is 5.69 Å². The molecule has 6 heteroatoms. The number of carbonyl (C=O) groups excluding carboxylic acids is 1. The number of carbonyl (C=O) groups is 2. The Morgan fingerprint density at radius 2 is 2.00 bits per heavy atom. The van der Waals surface area contributed by atoms with E-state index in [4.69, 9.17) is 28.3 Å². The highest BCUT2D eigenvalue weighted by Crippen LogP contribution is 2.29. The van der Waals surface area contributed by atoms with E-state index < -0.39 is 5.97 Å². The van der Waals surface area contributed by atoms with E-state index >= 15 is 0 Å². The second-order valence-corrected chi connectivity index (χ2v) is 4.25. The largest absolute Gasteiger partial charge is 0.481 e. The Kier molecular flexibility index (Phi) is 4.78. The van der Waals surface area contributed by atoms with Crippen LogP contribution in [0.3, 0.4) is 0 Å². The molecule has 17 heavy (non-hydrogen) atoms. The molecule has 0 radical (unpaired) electrons. The van der Waals surface area contributed by atoms with Crippen LogP contribution in [0.5, 0.6) is 0 Å². The molecular formula is C11H11Cl2NO3. The zero-order chi connectivity index (χ0) is 13.0. The fraction of sp³-hybridized carbons (Fsp3) is 0.273. The Morgan fingerprint density at radius 3 is 2.53 bits per heavy atom. The van der Waals surface area contributed by atoms with Crippen LogP contribution in [0.2, 0.25) is 10.0 Å². The summed E-state index contributed by atoms with van der Waals surface area (Å²) in [7, 11) is 0. The Bertz CT molecular complexity index is 448. The van der Waals surface area contributed by atoms with Crippen molar-refractivity contribution in [1.29, 1.82) is 0 Å². The minimum absolute atomic E-state index is 0.0602. The quantitative estimate of drug-likeness (QED) is 0.919. The molecule has 1 N–H and O–H groups in total. The smallest absolute Gasteiger partial charge is 0.305 e. The summed E-state index contributed by atoms with van der Waals surface area (Å²) in [6, 6.07) is 4.70. The van der Waals surface area contributed by atoms with Gasteiger partial charge in [0.1, 0.15) is 0 Å². The number of rotatable bonds is 4. The molecule has 92 valence electrons. The van der Waals surface area contributed by atoms with Crippen LogP contribution in [0.15, 0.2) is 18.2 Å². The van der Waals surface area contributed by atoms with E-state index in [0.29, 0.717) is 15.7 Å². The van der Waals surface area contributed by atoms with Gasteiger partial charge in [-0.25, -0.2) is 0 Å². The van der Waals surface area contributed by atoms with Gasteiger partial charge in [0, 0.05) is 18.5 Å². The van der Waals surface area contributed by atoms with E-state index in [9.17, 15) is 9.59 Å². The highest BCUT2D eigenvalue weighted by molar-refractivity contribution is 6.35. The zero-order valence-corrected chi connectivity index (χ0v) is 10.6. The van der Waals surface area contributed by atoms with Gasteiger partial charge in [0.25, 0.3) is 0 Å². The highest BCUT2D eigenvalue weighted by Gasteiger charge is 2.16. The van der Waals surface area contributed by atoms with Crippen molar-refractivity contribution in [3.8, 4) is 0 Å².